The van der Waals surface area contributed by atoms with E-state index in [9.17, 15) is 13.6 Å². The number of primary amides is 1. The molecule has 4 N–H and O–H groups in total. The highest BCUT2D eigenvalue weighted by Crippen LogP contribution is 2.40. The van der Waals surface area contributed by atoms with Gasteiger partial charge in [-0.2, -0.15) is 18.7 Å². The molecule has 1 amide bonds. The molecule has 1 aliphatic rings. The Labute approximate surface area is 166 Å². The molecule has 0 aliphatic carbocycles. The summed E-state index contributed by atoms with van der Waals surface area (Å²) < 4.78 is 32.9. The summed E-state index contributed by atoms with van der Waals surface area (Å²) in [7, 11) is 0. The van der Waals surface area contributed by atoms with Gasteiger partial charge in [-0.1, -0.05) is 29.8 Å². The number of thioether (sulfide) groups is 1. The second-order valence-electron chi connectivity index (χ2n) is 6.01. The summed E-state index contributed by atoms with van der Waals surface area (Å²) in [6, 6.07) is 7.32. The van der Waals surface area contributed by atoms with Crippen molar-refractivity contribution in [1.82, 2.24) is 15.0 Å². The van der Waals surface area contributed by atoms with Gasteiger partial charge >= 0.3 is 5.25 Å². The lowest BCUT2D eigenvalue weighted by molar-refractivity contribution is -0.131. The normalized spacial score (nSPS) is 13.7. The van der Waals surface area contributed by atoms with Gasteiger partial charge in [-0.05, 0) is 39.7 Å². The monoisotopic (exact) mass is 423 g/mol. The SMILES string of the molecule is NC(=O)C(F)(F)Sc1nc(N)nc(-c2c(Cl)cc3c4c(cccc24)COC3)n1. The molecule has 2 aromatic carbocycles. The van der Waals surface area contributed by atoms with Crippen LogP contribution in [0.2, 0.25) is 5.02 Å². The molecule has 1 aromatic heterocycles. The summed E-state index contributed by atoms with van der Waals surface area (Å²) in [5.41, 5.74) is 12.7. The Bertz CT molecular complexity index is 1130. The Balaban J connectivity index is 1.91. The average Bonchev–Trinajstić information content (AvgIpc) is 2.61. The topological polar surface area (TPSA) is 117 Å². The van der Waals surface area contributed by atoms with Gasteiger partial charge in [0.15, 0.2) is 11.0 Å². The summed E-state index contributed by atoms with van der Waals surface area (Å²) >= 11 is 6.26. The summed E-state index contributed by atoms with van der Waals surface area (Å²) in [6.07, 6.45) is 0. The van der Waals surface area contributed by atoms with E-state index in [4.69, 9.17) is 27.8 Å². The Morgan fingerprint density at radius 1 is 1.21 bits per heavy atom. The highest BCUT2D eigenvalue weighted by Gasteiger charge is 2.39. The van der Waals surface area contributed by atoms with E-state index < -0.39 is 16.3 Å². The Hall–Kier alpha value is -2.56. The van der Waals surface area contributed by atoms with Gasteiger partial charge in [0.25, 0.3) is 5.91 Å². The molecule has 2 heterocycles. The Kier molecular flexibility index (Phi) is 4.56. The number of hydrogen-bond acceptors (Lipinski definition) is 7. The van der Waals surface area contributed by atoms with Crippen LogP contribution in [0.3, 0.4) is 0 Å². The van der Waals surface area contributed by atoms with Crippen molar-refractivity contribution in [1.29, 1.82) is 0 Å². The van der Waals surface area contributed by atoms with Crippen molar-refractivity contribution in [3.05, 3.63) is 40.4 Å². The maximum atomic E-state index is 13.7. The molecule has 4 rings (SSSR count). The summed E-state index contributed by atoms with van der Waals surface area (Å²) in [4.78, 5) is 22.7. The van der Waals surface area contributed by atoms with E-state index in [1.165, 1.54) is 0 Å². The summed E-state index contributed by atoms with van der Waals surface area (Å²) in [5, 5.41) is -2.33. The van der Waals surface area contributed by atoms with Crippen molar-refractivity contribution in [3.8, 4) is 11.4 Å². The molecule has 0 saturated heterocycles. The van der Waals surface area contributed by atoms with E-state index in [1.54, 1.807) is 6.07 Å². The van der Waals surface area contributed by atoms with Gasteiger partial charge < -0.3 is 16.2 Å². The summed E-state index contributed by atoms with van der Waals surface area (Å²) in [6.45, 7) is 0.843. The highest BCUT2D eigenvalue weighted by molar-refractivity contribution is 8.00. The van der Waals surface area contributed by atoms with Crippen molar-refractivity contribution in [2.45, 2.75) is 23.6 Å². The van der Waals surface area contributed by atoms with E-state index in [1.807, 2.05) is 18.2 Å². The summed E-state index contributed by atoms with van der Waals surface area (Å²) in [5.74, 6) is -2.07. The fourth-order valence-electron chi connectivity index (χ4n) is 3.04. The second-order valence-corrected chi connectivity index (χ2v) is 7.50. The molecule has 1 aliphatic heterocycles. The molecule has 3 aromatic rings. The number of aromatic nitrogens is 3. The van der Waals surface area contributed by atoms with E-state index in [2.05, 4.69) is 15.0 Å². The zero-order valence-electron chi connectivity index (χ0n) is 14.1. The molecule has 11 heteroatoms. The molecule has 144 valence electrons. The predicted octanol–water partition coefficient (Wildman–Crippen LogP) is 3.13. The van der Waals surface area contributed by atoms with Crippen LogP contribution in [0, 0.1) is 0 Å². The first-order chi connectivity index (χ1) is 13.3. The van der Waals surface area contributed by atoms with Crippen LogP contribution in [0.25, 0.3) is 22.2 Å². The van der Waals surface area contributed by atoms with Gasteiger partial charge in [0.05, 0.1) is 18.2 Å². The lowest BCUT2D eigenvalue weighted by atomic mass is 9.94. The molecule has 0 unspecified atom stereocenters. The molecule has 0 saturated carbocycles. The van der Waals surface area contributed by atoms with Gasteiger partial charge in [0.2, 0.25) is 5.95 Å². The predicted molar refractivity (Wildman–Crippen MR) is 101 cm³/mol. The average molecular weight is 424 g/mol. The number of rotatable bonds is 4. The van der Waals surface area contributed by atoms with Crippen LogP contribution < -0.4 is 11.5 Å². The molecule has 28 heavy (non-hydrogen) atoms. The van der Waals surface area contributed by atoms with Gasteiger partial charge in [-0.25, -0.2) is 4.98 Å². The largest absolute Gasteiger partial charge is 0.377 e. The number of carbonyl (C=O) groups excluding carboxylic acids is 1. The minimum atomic E-state index is -3.90. The Morgan fingerprint density at radius 3 is 2.71 bits per heavy atom. The van der Waals surface area contributed by atoms with Crippen LogP contribution >= 0.6 is 23.4 Å². The number of benzene rings is 2. The number of hydrogen-bond donors (Lipinski definition) is 2. The smallest absolute Gasteiger partial charge is 0.372 e. The maximum Gasteiger partial charge on any atom is 0.377 e. The van der Waals surface area contributed by atoms with Gasteiger partial charge in [-0.3, -0.25) is 4.79 Å². The van der Waals surface area contributed by atoms with E-state index in [0.29, 0.717) is 23.8 Å². The van der Waals surface area contributed by atoms with Crippen molar-refractivity contribution in [2.24, 2.45) is 5.73 Å². The quantitative estimate of drug-likeness (QED) is 0.619. The van der Waals surface area contributed by atoms with Crippen LogP contribution in [-0.2, 0) is 22.7 Å². The van der Waals surface area contributed by atoms with E-state index in [0.717, 1.165) is 21.9 Å². The number of nitrogens with zero attached hydrogens (tertiary/aromatic N) is 3. The first-order valence-corrected chi connectivity index (χ1v) is 9.15. The lowest BCUT2D eigenvalue weighted by Crippen LogP contribution is -2.32. The van der Waals surface area contributed by atoms with Gasteiger partial charge in [0.1, 0.15) is 0 Å². The molecule has 0 atom stereocenters. The van der Waals surface area contributed by atoms with E-state index >= 15 is 0 Å². The number of ether oxygens (including phenoxy) is 1. The molecular formula is C17H12ClF2N5O2S. The Morgan fingerprint density at radius 2 is 1.96 bits per heavy atom. The van der Waals surface area contributed by atoms with E-state index in [-0.39, 0.29) is 23.5 Å². The molecular weight excluding hydrogens is 412 g/mol. The van der Waals surface area contributed by atoms with Crippen LogP contribution in [-0.4, -0.2) is 26.1 Å². The zero-order valence-corrected chi connectivity index (χ0v) is 15.7. The van der Waals surface area contributed by atoms with Crippen molar-refractivity contribution in [2.75, 3.05) is 5.73 Å². The zero-order chi connectivity index (χ0) is 20.1. The minimum absolute atomic E-state index is 0.0236. The van der Waals surface area contributed by atoms with Gasteiger partial charge in [-0.15, -0.1) is 0 Å². The van der Waals surface area contributed by atoms with Crippen molar-refractivity contribution < 1.29 is 18.3 Å². The highest BCUT2D eigenvalue weighted by atomic mass is 35.5. The van der Waals surface area contributed by atoms with Crippen LogP contribution in [0.5, 0.6) is 0 Å². The number of anilines is 1. The number of nitrogens with two attached hydrogens (primary N) is 2. The van der Waals surface area contributed by atoms with Crippen molar-refractivity contribution in [3.63, 3.8) is 0 Å². The standard InChI is InChI=1S/C17H12ClF2N5O2S/c18-10-4-8-6-27-5-7-2-1-3-9(11(7)8)12(10)13-23-15(22)25-16(24-13)28-17(19,20)14(21)26/h1-4H,5-6H2,(H2,21,26)(H2,22,23,24,25). The van der Waals surface area contributed by atoms with Crippen molar-refractivity contribution >= 4 is 46.0 Å². The second kappa shape index (κ2) is 6.80. The number of nitrogen functional groups attached to an aromatic ring is 1. The first kappa shape index (κ1) is 18.8. The van der Waals surface area contributed by atoms with Crippen LogP contribution in [0.4, 0.5) is 14.7 Å². The third-order valence-electron chi connectivity index (χ3n) is 4.16. The van der Waals surface area contributed by atoms with Crippen LogP contribution in [0.15, 0.2) is 29.4 Å². The molecule has 0 spiro atoms. The molecule has 0 bridgehead atoms. The lowest BCUT2D eigenvalue weighted by Gasteiger charge is -2.20. The van der Waals surface area contributed by atoms with Crippen LogP contribution in [0.1, 0.15) is 11.1 Å². The fourth-order valence-corrected chi connectivity index (χ4v) is 3.96. The van der Waals surface area contributed by atoms with Gasteiger partial charge in [0, 0.05) is 5.56 Å². The number of alkyl halides is 2. The molecule has 0 radical (unpaired) electrons. The fraction of sp³-hybridized carbons (Fsp3) is 0.176. The first-order valence-electron chi connectivity index (χ1n) is 7.95. The number of amides is 1. The number of halogens is 3. The molecule has 0 fully saturated rings. The third-order valence-corrected chi connectivity index (χ3v) is 5.28. The minimum Gasteiger partial charge on any atom is -0.372 e. The third kappa shape index (κ3) is 3.23. The maximum absolute atomic E-state index is 13.7. The molecule has 7 nitrogen and oxygen atoms in total. The number of carbonyl (C=O) groups is 1.